The maximum Gasteiger partial charge on any atom is 0.265 e. The van der Waals surface area contributed by atoms with Crippen LogP contribution in [0, 0.1) is 6.92 Å². The van der Waals surface area contributed by atoms with E-state index in [2.05, 4.69) is 25.0 Å². The number of anilines is 1. The van der Waals surface area contributed by atoms with E-state index in [1.807, 2.05) is 0 Å². The minimum Gasteiger partial charge on any atom is -0.281 e. The van der Waals surface area contributed by atoms with Crippen molar-refractivity contribution in [2.75, 3.05) is 4.72 Å². The van der Waals surface area contributed by atoms with Gasteiger partial charge in [0.05, 0.1) is 17.6 Å². The van der Waals surface area contributed by atoms with Gasteiger partial charge in [0, 0.05) is 18.6 Å². The van der Waals surface area contributed by atoms with Crippen LogP contribution in [-0.4, -0.2) is 33.4 Å². The van der Waals surface area contributed by atoms with E-state index >= 15 is 0 Å². The lowest BCUT2D eigenvalue weighted by Gasteiger charge is -2.11. The highest BCUT2D eigenvalue weighted by Crippen LogP contribution is 2.21. The van der Waals surface area contributed by atoms with E-state index in [9.17, 15) is 8.42 Å². The van der Waals surface area contributed by atoms with Crippen molar-refractivity contribution in [1.82, 2.24) is 25.0 Å². The summed E-state index contributed by atoms with van der Waals surface area (Å²) >= 11 is 0. The zero-order valence-electron chi connectivity index (χ0n) is 11.1. The standard InChI is InChI=1S/C12H12N6O2S/c1-9-11(8-14-16-9)21(19,20)17-10-4-2-5-13-12(10)18-7-3-6-15-18/h2-8,17H,1H3,(H,14,16). The van der Waals surface area contributed by atoms with E-state index in [1.54, 1.807) is 43.7 Å². The lowest BCUT2D eigenvalue weighted by atomic mass is 10.4. The minimum atomic E-state index is -3.74. The molecule has 0 radical (unpaired) electrons. The summed E-state index contributed by atoms with van der Waals surface area (Å²) in [7, 11) is -3.74. The van der Waals surface area contributed by atoms with E-state index < -0.39 is 10.0 Å². The first-order valence-corrected chi connectivity index (χ1v) is 7.54. The van der Waals surface area contributed by atoms with E-state index in [4.69, 9.17) is 0 Å². The highest BCUT2D eigenvalue weighted by atomic mass is 32.2. The van der Waals surface area contributed by atoms with Crippen molar-refractivity contribution in [3.8, 4) is 5.82 Å². The molecular weight excluding hydrogens is 292 g/mol. The van der Waals surface area contributed by atoms with Gasteiger partial charge in [-0.2, -0.15) is 10.2 Å². The van der Waals surface area contributed by atoms with Gasteiger partial charge < -0.3 is 0 Å². The fraction of sp³-hybridized carbons (Fsp3) is 0.0833. The predicted octanol–water partition coefficient (Wildman–Crippen LogP) is 1.10. The Morgan fingerprint density at radius 2 is 2.14 bits per heavy atom. The summed E-state index contributed by atoms with van der Waals surface area (Å²) < 4.78 is 28.7. The molecule has 0 aliphatic heterocycles. The summed E-state index contributed by atoms with van der Waals surface area (Å²) in [5.74, 6) is 0.396. The fourth-order valence-electron chi connectivity index (χ4n) is 1.86. The molecule has 8 nitrogen and oxygen atoms in total. The van der Waals surface area contributed by atoms with Gasteiger partial charge in [0.15, 0.2) is 5.82 Å². The minimum absolute atomic E-state index is 0.0952. The van der Waals surface area contributed by atoms with Crippen LogP contribution in [0.5, 0.6) is 0 Å². The van der Waals surface area contributed by atoms with Gasteiger partial charge in [-0.3, -0.25) is 9.82 Å². The summed E-state index contributed by atoms with van der Waals surface area (Å²) in [5, 5.41) is 10.4. The third kappa shape index (κ3) is 2.50. The van der Waals surface area contributed by atoms with Crippen LogP contribution in [0.4, 0.5) is 5.69 Å². The largest absolute Gasteiger partial charge is 0.281 e. The summed E-state index contributed by atoms with van der Waals surface area (Å²) in [6.45, 7) is 1.64. The Morgan fingerprint density at radius 3 is 2.81 bits per heavy atom. The molecule has 3 aromatic heterocycles. The number of nitrogens with one attached hydrogen (secondary N) is 2. The molecule has 0 fully saturated rings. The maximum atomic E-state index is 12.4. The molecular formula is C12H12N6O2S. The summed E-state index contributed by atoms with van der Waals surface area (Å²) in [5.41, 5.74) is 0.800. The number of aromatic nitrogens is 5. The van der Waals surface area contributed by atoms with E-state index in [0.717, 1.165) is 0 Å². The maximum absolute atomic E-state index is 12.4. The molecule has 9 heteroatoms. The van der Waals surface area contributed by atoms with E-state index in [0.29, 0.717) is 17.2 Å². The highest BCUT2D eigenvalue weighted by molar-refractivity contribution is 7.92. The first-order valence-electron chi connectivity index (χ1n) is 6.06. The van der Waals surface area contributed by atoms with Gasteiger partial charge in [0.1, 0.15) is 4.90 Å². The predicted molar refractivity (Wildman–Crippen MR) is 75.5 cm³/mol. The van der Waals surface area contributed by atoms with Crippen molar-refractivity contribution in [3.63, 3.8) is 0 Å². The molecule has 3 heterocycles. The van der Waals surface area contributed by atoms with Crippen LogP contribution in [0.1, 0.15) is 5.69 Å². The molecule has 3 aromatic rings. The van der Waals surface area contributed by atoms with Crippen molar-refractivity contribution in [1.29, 1.82) is 0 Å². The second kappa shape index (κ2) is 5.02. The van der Waals surface area contributed by atoms with Crippen molar-refractivity contribution in [3.05, 3.63) is 48.7 Å². The molecule has 108 valence electrons. The van der Waals surface area contributed by atoms with Gasteiger partial charge in [-0.15, -0.1) is 0 Å². The van der Waals surface area contributed by atoms with Crippen LogP contribution in [0.3, 0.4) is 0 Å². The van der Waals surface area contributed by atoms with Crippen LogP contribution in [0.15, 0.2) is 47.9 Å². The van der Waals surface area contributed by atoms with E-state index in [1.165, 1.54) is 10.9 Å². The van der Waals surface area contributed by atoms with Crippen molar-refractivity contribution < 1.29 is 8.42 Å². The SMILES string of the molecule is Cc1[nH]ncc1S(=O)(=O)Nc1cccnc1-n1cccn1. The van der Waals surface area contributed by atoms with Crippen LogP contribution < -0.4 is 4.72 Å². The average molecular weight is 304 g/mol. The molecule has 2 N–H and O–H groups in total. The Kier molecular flexibility index (Phi) is 3.18. The van der Waals surface area contributed by atoms with Crippen LogP contribution in [0.2, 0.25) is 0 Å². The monoisotopic (exact) mass is 304 g/mol. The number of sulfonamides is 1. The topological polar surface area (TPSA) is 106 Å². The van der Waals surface area contributed by atoms with Crippen molar-refractivity contribution >= 4 is 15.7 Å². The number of nitrogens with zero attached hydrogens (tertiary/aromatic N) is 4. The number of rotatable bonds is 4. The zero-order chi connectivity index (χ0) is 14.9. The smallest absolute Gasteiger partial charge is 0.265 e. The normalized spacial score (nSPS) is 11.5. The van der Waals surface area contributed by atoms with Gasteiger partial charge in [0.25, 0.3) is 10.0 Å². The number of aryl methyl sites for hydroxylation is 1. The third-order valence-electron chi connectivity index (χ3n) is 2.83. The Bertz CT molecular complexity index is 854. The first kappa shape index (κ1) is 13.3. The van der Waals surface area contributed by atoms with Crippen molar-refractivity contribution in [2.24, 2.45) is 0 Å². The van der Waals surface area contributed by atoms with Crippen LogP contribution in [-0.2, 0) is 10.0 Å². The number of pyridine rings is 1. The van der Waals surface area contributed by atoms with Gasteiger partial charge in [-0.25, -0.2) is 18.1 Å². The molecule has 0 atom stereocenters. The molecule has 0 spiro atoms. The lowest BCUT2D eigenvalue weighted by Crippen LogP contribution is -2.15. The van der Waals surface area contributed by atoms with Gasteiger partial charge >= 0.3 is 0 Å². The van der Waals surface area contributed by atoms with E-state index in [-0.39, 0.29) is 4.90 Å². The average Bonchev–Trinajstić information content (AvgIpc) is 3.10. The quantitative estimate of drug-likeness (QED) is 0.751. The number of aromatic amines is 1. The lowest BCUT2D eigenvalue weighted by molar-refractivity contribution is 0.600. The molecule has 0 amide bonds. The molecule has 0 aromatic carbocycles. The Labute approximate surface area is 120 Å². The molecule has 0 saturated heterocycles. The summed E-state index contributed by atoms with van der Waals surface area (Å²) in [6, 6.07) is 5.00. The van der Waals surface area contributed by atoms with Crippen LogP contribution >= 0.6 is 0 Å². The Balaban J connectivity index is 2.02. The molecule has 21 heavy (non-hydrogen) atoms. The number of H-pyrrole nitrogens is 1. The second-order valence-electron chi connectivity index (χ2n) is 4.29. The zero-order valence-corrected chi connectivity index (χ0v) is 11.9. The summed E-state index contributed by atoms with van der Waals surface area (Å²) in [6.07, 6.45) is 6.11. The first-order chi connectivity index (χ1) is 10.1. The molecule has 0 saturated carbocycles. The molecule has 0 aliphatic carbocycles. The number of hydrogen-bond acceptors (Lipinski definition) is 5. The molecule has 0 unspecified atom stereocenters. The van der Waals surface area contributed by atoms with Gasteiger partial charge in [0.2, 0.25) is 0 Å². The molecule has 3 rings (SSSR count). The van der Waals surface area contributed by atoms with Crippen molar-refractivity contribution in [2.45, 2.75) is 11.8 Å². The second-order valence-corrected chi connectivity index (χ2v) is 5.94. The Hall–Kier alpha value is -2.68. The van der Waals surface area contributed by atoms with Crippen LogP contribution in [0.25, 0.3) is 5.82 Å². The molecule has 0 aliphatic rings. The number of hydrogen-bond donors (Lipinski definition) is 2. The molecule has 0 bridgehead atoms. The Morgan fingerprint density at radius 1 is 1.29 bits per heavy atom. The summed E-state index contributed by atoms with van der Waals surface area (Å²) in [4.78, 5) is 4.25. The van der Waals surface area contributed by atoms with Gasteiger partial charge in [-0.05, 0) is 25.1 Å². The third-order valence-corrected chi connectivity index (χ3v) is 4.30. The van der Waals surface area contributed by atoms with Gasteiger partial charge in [-0.1, -0.05) is 0 Å². The highest BCUT2D eigenvalue weighted by Gasteiger charge is 2.20. The fourth-order valence-corrected chi connectivity index (χ4v) is 3.06.